The average Bonchev–Trinajstić information content (AvgIpc) is 2.32. The minimum absolute atomic E-state index is 0.0235. The van der Waals surface area contributed by atoms with Crippen molar-refractivity contribution in [1.82, 2.24) is 5.32 Å². The van der Waals surface area contributed by atoms with E-state index in [-0.39, 0.29) is 17.2 Å². The molecule has 0 aliphatic carbocycles. The van der Waals surface area contributed by atoms with E-state index in [1.165, 1.54) is 0 Å². The molecule has 1 aromatic carbocycles. The lowest BCUT2D eigenvalue weighted by Crippen LogP contribution is -2.45. The molecule has 1 aromatic rings. The lowest BCUT2D eigenvalue weighted by molar-refractivity contribution is 0.0899. The first kappa shape index (κ1) is 15.0. The van der Waals surface area contributed by atoms with Crippen molar-refractivity contribution in [2.45, 2.75) is 39.2 Å². The van der Waals surface area contributed by atoms with Gasteiger partial charge in [0.25, 0.3) is 5.91 Å². The molecular formula is C14H20BrNO2. The number of aromatic hydroxyl groups is 1. The van der Waals surface area contributed by atoms with Crippen LogP contribution >= 0.6 is 15.9 Å². The van der Waals surface area contributed by atoms with Gasteiger partial charge in [-0.2, -0.15) is 0 Å². The van der Waals surface area contributed by atoms with Gasteiger partial charge in [0.2, 0.25) is 0 Å². The highest BCUT2D eigenvalue weighted by Gasteiger charge is 2.25. The summed E-state index contributed by atoms with van der Waals surface area (Å²) in [5.74, 6) is -0.197. The molecule has 2 N–H and O–H groups in total. The molecule has 0 aliphatic heterocycles. The predicted octanol–water partition coefficient (Wildman–Crippen LogP) is 3.38. The second-order valence-corrected chi connectivity index (χ2v) is 5.62. The molecule has 0 heterocycles. The summed E-state index contributed by atoms with van der Waals surface area (Å²) in [5, 5.41) is 13.6. The highest BCUT2D eigenvalue weighted by molar-refractivity contribution is 9.09. The van der Waals surface area contributed by atoms with Crippen molar-refractivity contribution in [3.8, 4) is 5.75 Å². The monoisotopic (exact) mass is 313 g/mol. The molecule has 0 radical (unpaired) electrons. The van der Waals surface area contributed by atoms with Gasteiger partial charge in [0.15, 0.2) is 0 Å². The van der Waals surface area contributed by atoms with Crippen LogP contribution in [0.3, 0.4) is 0 Å². The molecule has 100 valence electrons. The van der Waals surface area contributed by atoms with Gasteiger partial charge in [0.1, 0.15) is 5.75 Å². The summed E-state index contributed by atoms with van der Waals surface area (Å²) in [5.41, 5.74) is 1.04. The van der Waals surface area contributed by atoms with Crippen LogP contribution in [0.15, 0.2) is 18.2 Å². The molecule has 0 aliphatic rings. The number of aryl methyl sites for hydroxylation is 1. The SMILES string of the molecule is CCC(C)(CCBr)NC(=O)c1cc(C)ccc1O. The van der Waals surface area contributed by atoms with E-state index in [0.717, 1.165) is 23.7 Å². The second kappa shape index (κ2) is 6.23. The van der Waals surface area contributed by atoms with Crippen molar-refractivity contribution in [3.63, 3.8) is 0 Å². The third-order valence-corrected chi connectivity index (χ3v) is 3.64. The molecule has 1 unspecified atom stereocenters. The maximum Gasteiger partial charge on any atom is 0.255 e. The maximum atomic E-state index is 12.2. The number of carbonyl (C=O) groups is 1. The quantitative estimate of drug-likeness (QED) is 0.819. The number of benzene rings is 1. The zero-order valence-electron chi connectivity index (χ0n) is 11.1. The molecule has 0 bridgehead atoms. The highest BCUT2D eigenvalue weighted by Crippen LogP contribution is 2.21. The van der Waals surface area contributed by atoms with E-state index >= 15 is 0 Å². The van der Waals surface area contributed by atoms with Gasteiger partial charge in [-0.3, -0.25) is 4.79 Å². The molecule has 1 rings (SSSR count). The third-order valence-electron chi connectivity index (χ3n) is 3.24. The van der Waals surface area contributed by atoms with E-state index in [0.29, 0.717) is 5.56 Å². The van der Waals surface area contributed by atoms with Crippen molar-refractivity contribution in [3.05, 3.63) is 29.3 Å². The van der Waals surface area contributed by atoms with Crippen LogP contribution in [-0.2, 0) is 0 Å². The fourth-order valence-electron chi connectivity index (χ4n) is 1.71. The molecule has 18 heavy (non-hydrogen) atoms. The normalized spacial score (nSPS) is 14.0. The van der Waals surface area contributed by atoms with Gasteiger partial charge in [-0.1, -0.05) is 34.5 Å². The van der Waals surface area contributed by atoms with Crippen molar-refractivity contribution in [2.75, 3.05) is 5.33 Å². The number of amides is 1. The highest BCUT2D eigenvalue weighted by atomic mass is 79.9. The summed E-state index contributed by atoms with van der Waals surface area (Å²) in [4.78, 5) is 12.2. The smallest absolute Gasteiger partial charge is 0.255 e. The zero-order chi connectivity index (χ0) is 13.8. The predicted molar refractivity (Wildman–Crippen MR) is 77.4 cm³/mol. The Morgan fingerprint density at radius 2 is 2.17 bits per heavy atom. The Balaban J connectivity index is 2.90. The molecule has 4 heteroatoms. The van der Waals surface area contributed by atoms with Crippen LogP contribution in [0.25, 0.3) is 0 Å². The van der Waals surface area contributed by atoms with Gasteiger partial charge in [-0.05, 0) is 38.8 Å². The summed E-state index contributed by atoms with van der Waals surface area (Å²) in [7, 11) is 0. The van der Waals surface area contributed by atoms with Crippen LogP contribution < -0.4 is 5.32 Å². The van der Waals surface area contributed by atoms with Gasteiger partial charge in [-0.15, -0.1) is 0 Å². The van der Waals surface area contributed by atoms with Crippen LogP contribution in [0.4, 0.5) is 0 Å². The Morgan fingerprint density at radius 3 is 2.72 bits per heavy atom. The number of carbonyl (C=O) groups excluding carboxylic acids is 1. The van der Waals surface area contributed by atoms with E-state index in [9.17, 15) is 9.90 Å². The number of rotatable bonds is 5. The Hall–Kier alpha value is -1.03. The van der Waals surface area contributed by atoms with Crippen molar-refractivity contribution >= 4 is 21.8 Å². The Morgan fingerprint density at radius 1 is 1.50 bits per heavy atom. The van der Waals surface area contributed by atoms with Crippen LogP contribution in [0.2, 0.25) is 0 Å². The Labute approximate surface area is 117 Å². The van der Waals surface area contributed by atoms with Gasteiger partial charge < -0.3 is 10.4 Å². The van der Waals surface area contributed by atoms with E-state index in [2.05, 4.69) is 21.2 Å². The standard InChI is InChI=1S/C14H20BrNO2/c1-4-14(3,7-8-15)16-13(18)11-9-10(2)5-6-12(11)17/h5-6,9,17H,4,7-8H2,1-3H3,(H,16,18). The topological polar surface area (TPSA) is 49.3 Å². The molecular weight excluding hydrogens is 294 g/mol. The largest absolute Gasteiger partial charge is 0.507 e. The van der Waals surface area contributed by atoms with Crippen LogP contribution in [0, 0.1) is 6.92 Å². The maximum absolute atomic E-state index is 12.2. The molecule has 1 amide bonds. The van der Waals surface area contributed by atoms with E-state index < -0.39 is 0 Å². The van der Waals surface area contributed by atoms with E-state index in [4.69, 9.17) is 0 Å². The van der Waals surface area contributed by atoms with Gasteiger partial charge >= 0.3 is 0 Å². The minimum Gasteiger partial charge on any atom is -0.507 e. The number of nitrogens with one attached hydrogen (secondary N) is 1. The lowest BCUT2D eigenvalue weighted by atomic mass is 9.95. The average molecular weight is 314 g/mol. The minimum atomic E-state index is -0.253. The van der Waals surface area contributed by atoms with Gasteiger partial charge in [0, 0.05) is 10.9 Å². The van der Waals surface area contributed by atoms with Crippen molar-refractivity contribution < 1.29 is 9.90 Å². The van der Waals surface area contributed by atoms with Crippen molar-refractivity contribution in [2.24, 2.45) is 0 Å². The molecule has 0 saturated heterocycles. The number of hydrogen-bond donors (Lipinski definition) is 2. The van der Waals surface area contributed by atoms with Crippen LogP contribution in [0.1, 0.15) is 42.6 Å². The number of hydrogen-bond acceptors (Lipinski definition) is 2. The summed E-state index contributed by atoms with van der Waals surface area (Å²) >= 11 is 3.40. The first-order valence-electron chi connectivity index (χ1n) is 6.10. The summed E-state index contributed by atoms with van der Waals surface area (Å²) in [6.45, 7) is 5.95. The molecule has 1 atom stereocenters. The van der Waals surface area contributed by atoms with Crippen LogP contribution in [-0.4, -0.2) is 21.9 Å². The van der Waals surface area contributed by atoms with Gasteiger partial charge in [-0.25, -0.2) is 0 Å². The zero-order valence-corrected chi connectivity index (χ0v) is 12.7. The summed E-state index contributed by atoms with van der Waals surface area (Å²) in [6, 6.07) is 5.04. The number of phenolic OH excluding ortho intramolecular Hbond substituents is 1. The molecule has 0 aromatic heterocycles. The number of halogens is 1. The van der Waals surface area contributed by atoms with E-state index in [1.807, 2.05) is 20.8 Å². The Bertz CT molecular complexity index is 434. The van der Waals surface area contributed by atoms with E-state index in [1.54, 1.807) is 18.2 Å². The fraction of sp³-hybridized carbons (Fsp3) is 0.500. The van der Waals surface area contributed by atoms with Gasteiger partial charge in [0.05, 0.1) is 5.56 Å². The molecule has 3 nitrogen and oxygen atoms in total. The molecule has 0 saturated carbocycles. The second-order valence-electron chi connectivity index (χ2n) is 4.83. The third kappa shape index (κ3) is 3.73. The fourth-order valence-corrected chi connectivity index (χ4v) is 2.58. The lowest BCUT2D eigenvalue weighted by Gasteiger charge is -2.29. The summed E-state index contributed by atoms with van der Waals surface area (Å²) < 4.78 is 0. The molecule has 0 fully saturated rings. The number of phenols is 1. The molecule has 0 spiro atoms. The first-order chi connectivity index (χ1) is 8.41. The number of alkyl halides is 1. The summed E-state index contributed by atoms with van der Waals surface area (Å²) in [6.07, 6.45) is 1.69. The van der Waals surface area contributed by atoms with Crippen molar-refractivity contribution in [1.29, 1.82) is 0 Å². The first-order valence-corrected chi connectivity index (χ1v) is 7.22. The van der Waals surface area contributed by atoms with Crippen LogP contribution in [0.5, 0.6) is 5.75 Å². The Kier molecular flexibility index (Phi) is 5.20.